The van der Waals surface area contributed by atoms with Gasteiger partial charge in [-0.15, -0.1) is 0 Å². The van der Waals surface area contributed by atoms with Crippen molar-refractivity contribution in [2.75, 3.05) is 13.1 Å². The van der Waals surface area contributed by atoms with Crippen molar-refractivity contribution in [3.8, 4) is 6.07 Å². The van der Waals surface area contributed by atoms with Crippen molar-refractivity contribution < 1.29 is 9.18 Å². The van der Waals surface area contributed by atoms with Crippen LogP contribution in [0.4, 0.5) is 4.39 Å². The first-order valence-corrected chi connectivity index (χ1v) is 11.3. The molecule has 0 bridgehead atoms. The van der Waals surface area contributed by atoms with E-state index in [4.69, 9.17) is 0 Å². The fourth-order valence-electron chi connectivity index (χ4n) is 3.35. The summed E-state index contributed by atoms with van der Waals surface area (Å²) in [5.41, 5.74) is 0.580. The Morgan fingerprint density at radius 3 is 2.86 bits per heavy atom. The summed E-state index contributed by atoms with van der Waals surface area (Å²) in [6, 6.07) is 9.85. The van der Waals surface area contributed by atoms with E-state index >= 15 is 0 Å². The molecule has 1 fully saturated rings. The van der Waals surface area contributed by atoms with Crippen molar-refractivity contribution in [1.82, 2.24) is 14.2 Å². The molecule has 1 atom stereocenters. The fourth-order valence-corrected chi connectivity index (χ4v) is 4.73. The molecule has 2 heterocycles. The van der Waals surface area contributed by atoms with Crippen molar-refractivity contribution >= 4 is 33.8 Å². The lowest BCUT2D eigenvalue weighted by Gasteiger charge is -2.33. The number of likely N-dealkylation sites (tertiary alicyclic amines) is 1. The smallest absolute Gasteiger partial charge is 0.240 e. The standard InChI is InChI=1S/C21H24BrFN4OS/c1-15-6-10-27(11-7-15)21(28)19(8-12-26-9-2-3-17(26)14-24)25-29-20-5-4-16(23)13-18(20)22/h2-5,9,13,15,19,25H,6-8,10-12H2,1H3. The molecule has 2 aromatic rings. The number of nitrogens with one attached hydrogen (secondary N) is 1. The lowest BCUT2D eigenvalue weighted by atomic mass is 9.98. The molecule has 29 heavy (non-hydrogen) atoms. The topological polar surface area (TPSA) is 61.1 Å². The largest absolute Gasteiger partial charge is 0.341 e. The van der Waals surface area contributed by atoms with Gasteiger partial charge in [-0.25, -0.2) is 9.11 Å². The Balaban J connectivity index is 1.69. The Hall–Kier alpha value is -1.82. The average molecular weight is 479 g/mol. The maximum absolute atomic E-state index is 13.3. The number of hydrogen-bond acceptors (Lipinski definition) is 4. The van der Waals surface area contributed by atoms with Gasteiger partial charge >= 0.3 is 0 Å². The molecule has 8 heteroatoms. The van der Waals surface area contributed by atoms with Gasteiger partial charge in [-0.3, -0.25) is 4.79 Å². The maximum Gasteiger partial charge on any atom is 0.240 e. The zero-order chi connectivity index (χ0) is 20.8. The molecule has 1 saturated heterocycles. The highest BCUT2D eigenvalue weighted by Crippen LogP contribution is 2.27. The molecule has 1 aromatic heterocycles. The van der Waals surface area contributed by atoms with Crippen LogP contribution in [0.1, 0.15) is 31.9 Å². The van der Waals surface area contributed by atoms with E-state index in [1.54, 1.807) is 12.1 Å². The average Bonchev–Trinajstić information content (AvgIpc) is 3.17. The summed E-state index contributed by atoms with van der Waals surface area (Å²) >= 11 is 4.69. The molecule has 0 aliphatic carbocycles. The predicted molar refractivity (Wildman–Crippen MR) is 116 cm³/mol. The van der Waals surface area contributed by atoms with Gasteiger partial charge in [-0.05, 0) is 83.4 Å². The quantitative estimate of drug-likeness (QED) is 0.591. The van der Waals surface area contributed by atoms with Gasteiger partial charge in [0.05, 0.1) is 6.04 Å². The maximum atomic E-state index is 13.3. The van der Waals surface area contributed by atoms with Gasteiger partial charge in [-0.2, -0.15) is 5.26 Å². The molecule has 1 unspecified atom stereocenters. The summed E-state index contributed by atoms with van der Waals surface area (Å²) in [7, 11) is 0. The SMILES string of the molecule is CC1CCN(C(=O)C(CCn2cccc2C#N)NSc2ccc(F)cc2Br)CC1. The highest BCUT2D eigenvalue weighted by atomic mass is 79.9. The Morgan fingerprint density at radius 2 is 2.17 bits per heavy atom. The zero-order valence-corrected chi connectivity index (χ0v) is 18.7. The predicted octanol–water partition coefficient (Wildman–Crippen LogP) is 4.58. The molecule has 1 aliphatic heterocycles. The normalized spacial score (nSPS) is 15.9. The van der Waals surface area contributed by atoms with Crippen molar-refractivity contribution in [1.29, 1.82) is 5.26 Å². The number of carbonyl (C=O) groups excluding carboxylic acids is 1. The second-order valence-electron chi connectivity index (χ2n) is 7.34. The molecule has 154 valence electrons. The van der Waals surface area contributed by atoms with Crippen LogP contribution < -0.4 is 4.72 Å². The van der Waals surface area contributed by atoms with Crippen LogP contribution in [0, 0.1) is 23.1 Å². The first-order valence-electron chi connectivity index (χ1n) is 9.69. The first-order chi connectivity index (χ1) is 14.0. The van der Waals surface area contributed by atoms with E-state index in [1.807, 2.05) is 21.7 Å². The van der Waals surface area contributed by atoms with Crippen LogP contribution in [-0.2, 0) is 11.3 Å². The summed E-state index contributed by atoms with van der Waals surface area (Å²) in [4.78, 5) is 15.9. The third kappa shape index (κ3) is 5.84. The molecule has 1 N–H and O–H groups in total. The van der Waals surface area contributed by atoms with E-state index < -0.39 is 6.04 Å². The number of hydrogen-bond donors (Lipinski definition) is 1. The molecule has 1 aliphatic rings. The monoisotopic (exact) mass is 478 g/mol. The van der Waals surface area contributed by atoms with E-state index in [1.165, 1.54) is 24.1 Å². The van der Waals surface area contributed by atoms with Gasteiger partial charge in [0.15, 0.2) is 0 Å². The van der Waals surface area contributed by atoms with Crippen molar-refractivity contribution in [3.05, 3.63) is 52.5 Å². The van der Waals surface area contributed by atoms with Crippen LogP contribution in [0.3, 0.4) is 0 Å². The number of rotatable bonds is 7. The number of aryl methyl sites for hydroxylation is 1. The zero-order valence-electron chi connectivity index (χ0n) is 16.3. The van der Waals surface area contributed by atoms with E-state index in [9.17, 15) is 14.4 Å². The van der Waals surface area contributed by atoms with Crippen LogP contribution in [0.2, 0.25) is 0 Å². The molecular formula is C21H24BrFN4OS. The van der Waals surface area contributed by atoms with Crippen LogP contribution >= 0.6 is 27.9 Å². The van der Waals surface area contributed by atoms with E-state index in [0.29, 0.717) is 29.1 Å². The van der Waals surface area contributed by atoms with Crippen molar-refractivity contribution in [2.24, 2.45) is 5.92 Å². The number of piperidine rings is 1. The highest BCUT2D eigenvalue weighted by Gasteiger charge is 2.27. The summed E-state index contributed by atoms with van der Waals surface area (Å²) in [6.45, 7) is 4.33. The molecule has 0 saturated carbocycles. The van der Waals surface area contributed by atoms with Gasteiger partial charge in [0.1, 0.15) is 17.6 Å². The first kappa shape index (κ1) is 21.9. The summed E-state index contributed by atoms with van der Waals surface area (Å²) in [5.74, 6) is 0.411. The van der Waals surface area contributed by atoms with E-state index in [0.717, 1.165) is 30.8 Å². The Morgan fingerprint density at radius 1 is 1.41 bits per heavy atom. The summed E-state index contributed by atoms with van der Waals surface area (Å²) in [6.07, 6.45) is 4.45. The van der Waals surface area contributed by atoms with Crippen molar-refractivity contribution in [2.45, 2.75) is 43.7 Å². The van der Waals surface area contributed by atoms with Gasteiger partial charge in [-0.1, -0.05) is 6.92 Å². The lowest BCUT2D eigenvalue weighted by Crippen LogP contribution is -2.47. The minimum absolute atomic E-state index is 0.0771. The number of aromatic nitrogens is 1. The molecule has 0 spiro atoms. The summed E-state index contributed by atoms with van der Waals surface area (Å²) < 4.78 is 19.1. The number of halogens is 2. The van der Waals surface area contributed by atoms with E-state index in [2.05, 4.69) is 33.6 Å². The highest BCUT2D eigenvalue weighted by molar-refractivity contribution is 9.10. The minimum Gasteiger partial charge on any atom is -0.341 e. The molecule has 1 aromatic carbocycles. The number of carbonyl (C=O) groups is 1. The van der Waals surface area contributed by atoms with Crippen LogP contribution in [0.5, 0.6) is 0 Å². The van der Waals surface area contributed by atoms with Crippen LogP contribution in [-0.4, -0.2) is 34.5 Å². The number of nitriles is 1. The summed E-state index contributed by atoms with van der Waals surface area (Å²) in [5, 5.41) is 9.21. The van der Waals surface area contributed by atoms with Crippen LogP contribution in [0.25, 0.3) is 0 Å². The minimum atomic E-state index is -0.403. The molecular weight excluding hydrogens is 455 g/mol. The Labute approximate surface area is 183 Å². The third-order valence-corrected chi connectivity index (χ3v) is 7.10. The Bertz CT molecular complexity index is 889. The molecule has 1 amide bonds. The number of amides is 1. The van der Waals surface area contributed by atoms with E-state index in [-0.39, 0.29) is 11.7 Å². The Kier molecular flexibility index (Phi) is 7.76. The molecule has 3 rings (SSSR count). The number of nitrogens with zero attached hydrogens (tertiary/aromatic N) is 3. The van der Waals surface area contributed by atoms with Gasteiger partial charge < -0.3 is 9.47 Å². The number of benzene rings is 1. The molecule has 0 radical (unpaired) electrons. The van der Waals surface area contributed by atoms with Gasteiger partial charge in [0.2, 0.25) is 5.91 Å². The second-order valence-corrected chi connectivity index (χ2v) is 9.08. The molecule has 5 nitrogen and oxygen atoms in total. The third-order valence-electron chi connectivity index (χ3n) is 5.20. The second kappa shape index (κ2) is 10.3. The fraction of sp³-hybridized carbons (Fsp3) is 0.429. The van der Waals surface area contributed by atoms with Crippen LogP contribution in [0.15, 0.2) is 45.9 Å². The van der Waals surface area contributed by atoms with Gasteiger partial charge in [0.25, 0.3) is 0 Å². The van der Waals surface area contributed by atoms with Gasteiger partial charge in [0, 0.05) is 35.2 Å². The lowest BCUT2D eigenvalue weighted by molar-refractivity contribution is -0.134. The van der Waals surface area contributed by atoms with Crippen molar-refractivity contribution in [3.63, 3.8) is 0 Å².